The lowest BCUT2D eigenvalue weighted by atomic mass is 9.97. The first-order valence-electron chi connectivity index (χ1n) is 12.3. The second kappa shape index (κ2) is 10.4. The fourth-order valence-corrected chi connectivity index (χ4v) is 5.16. The van der Waals surface area contributed by atoms with E-state index >= 15 is 0 Å². The molecule has 210 valence electrons. The topological polar surface area (TPSA) is 144 Å². The molecule has 0 spiro atoms. The van der Waals surface area contributed by atoms with Gasteiger partial charge in [-0.15, -0.1) is 0 Å². The molecule has 8 atom stereocenters. The van der Waals surface area contributed by atoms with Crippen molar-refractivity contribution in [2.75, 3.05) is 19.8 Å². The van der Waals surface area contributed by atoms with Crippen molar-refractivity contribution in [3.05, 3.63) is 0 Å². The molecule has 0 unspecified atom stereocenters. The Balaban J connectivity index is 1.51. The van der Waals surface area contributed by atoms with Gasteiger partial charge in [-0.1, -0.05) is 0 Å². The van der Waals surface area contributed by atoms with Gasteiger partial charge in [0, 0.05) is 27.2 Å². The summed E-state index contributed by atoms with van der Waals surface area (Å²) in [6.45, 7) is 10.7. The van der Waals surface area contributed by atoms with Crippen LogP contribution in [0.15, 0.2) is 0 Å². The molecule has 13 nitrogen and oxygen atoms in total. The van der Waals surface area contributed by atoms with E-state index in [2.05, 4.69) is 0 Å². The minimum Gasteiger partial charge on any atom is -0.463 e. The highest BCUT2D eigenvalue weighted by molar-refractivity contribution is 5.67. The Morgan fingerprint density at radius 3 is 2.24 bits per heavy atom. The van der Waals surface area contributed by atoms with Gasteiger partial charge in [-0.2, -0.15) is 0 Å². The minimum absolute atomic E-state index is 0.0395. The number of hydrogen-bond donors (Lipinski definition) is 0. The van der Waals surface area contributed by atoms with Crippen molar-refractivity contribution in [3.63, 3.8) is 0 Å². The smallest absolute Gasteiger partial charge is 0.303 e. The molecule has 0 bridgehead atoms. The number of ether oxygens (including phenoxy) is 10. The van der Waals surface area contributed by atoms with Gasteiger partial charge in [0.15, 0.2) is 24.0 Å². The lowest BCUT2D eigenvalue weighted by Crippen LogP contribution is -2.61. The van der Waals surface area contributed by atoms with Crippen molar-refractivity contribution in [1.29, 1.82) is 0 Å². The van der Waals surface area contributed by atoms with E-state index in [1.165, 1.54) is 20.8 Å². The molecule has 4 heterocycles. The second-order valence-corrected chi connectivity index (χ2v) is 10.5. The van der Waals surface area contributed by atoms with Crippen LogP contribution in [0.1, 0.15) is 54.9 Å². The average Bonchev–Trinajstić information content (AvgIpc) is 3.23. The summed E-state index contributed by atoms with van der Waals surface area (Å²) in [5.74, 6) is -4.87. The number of fused-ring (bicyclic) bond motifs is 3. The van der Waals surface area contributed by atoms with E-state index < -0.39 is 72.1 Å². The first-order chi connectivity index (χ1) is 17.2. The van der Waals surface area contributed by atoms with Crippen LogP contribution in [-0.2, 0) is 61.8 Å². The third kappa shape index (κ3) is 6.41. The fourth-order valence-electron chi connectivity index (χ4n) is 5.16. The maximum Gasteiger partial charge on any atom is 0.303 e. The Bertz CT molecular complexity index is 888. The van der Waals surface area contributed by atoms with Gasteiger partial charge in [0.25, 0.3) is 0 Å². The highest BCUT2D eigenvalue weighted by atomic mass is 16.9. The van der Waals surface area contributed by atoms with Crippen LogP contribution < -0.4 is 0 Å². The molecule has 0 saturated carbocycles. The van der Waals surface area contributed by atoms with Crippen molar-refractivity contribution in [2.24, 2.45) is 0 Å². The summed E-state index contributed by atoms with van der Waals surface area (Å²) in [6, 6.07) is 0. The molecule has 0 N–H and O–H groups in total. The molecule has 0 aromatic rings. The maximum atomic E-state index is 11.8. The predicted octanol–water partition coefficient (Wildman–Crippen LogP) is 0.943. The van der Waals surface area contributed by atoms with Crippen molar-refractivity contribution in [2.45, 2.75) is 115 Å². The van der Waals surface area contributed by atoms with E-state index in [0.717, 1.165) is 0 Å². The molecular formula is C24H36O13. The Labute approximate surface area is 215 Å². The van der Waals surface area contributed by atoms with E-state index in [1.807, 2.05) is 13.8 Å². The summed E-state index contributed by atoms with van der Waals surface area (Å²) in [5, 5.41) is 0. The van der Waals surface area contributed by atoms with Crippen LogP contribution in [0.4, 0.5) is 0 Å². The molecule has 4 fully saturated rings. The molecule has 0 aromatic carbocycles. The molecule has 37 heavy (non-hydrogen) atoms. The van der Waals surface area contributed by atoms with Gasteiger partial charge in [0.1, 0.15) is 43.7 Å². The molecule has 0 radical (unpaired) electrons. The number of carbonyl (C=O) groups excluding carboxylic acids is 3. The number of esters is 3. The van der Waals surface area contributed by atoms with Gasteiger partial charge in [-0.3, -0.25) is 14.4 Å². The SMILES string of the molecule is CC(=O)OC[C@H]1O[C@@H](OC[C@@]23OC[C@H]4OC(C)(C)O[C@H]4[C@@H]2OC(C)(C)O3)C[C@@H](OC(C)=O)[C@@H]1OC(C)=O. The first-order valence-corrected chi connectivity index (χ1v) is 12.3. The Kier molecular flexibility index (Phi) is 7.88. The molecule has 4 rings (SSSR count). The summed E-state index contributed by atoms with van der Waals surface area (Å²) in [6.07, 6.45) is -5.24. The van der Waals surface area contributed by atoms with Crippen molar-refractivity contribution >= 4 is 17.9 Å². The van der Waals surface area contributed by atoms with Gasteiger partial charge in [0.2, 0.25) is 5.79 Å². The predicted molar refractivity (Wildman–Crippen MR) is 120 cm³/mol. The highest BCUT2D eigenvalue weighted by Crippen LogP contribution is 2.47. The Morgan fingerprint density at radius 2 is 1.59 bits per heavy atom. The fraction of sp³-hybridized carbons (Fsp3) is 0.875. The van der Waals surface area contributed by atoms with E-state index in [1.54, 1.807) is 13.8 Å². The first kappa shape index (κ1) is 28.1. The standard InChI is InChI=1S/C24H36O13/c1-12(25)28-9-16-19(32-14(3)27)15(31-13(2)26)8-18(33-16)29-11-24-21(36-23(6,7)37-24)20-17(10-30-24)34-22(4,5)35-20/h15-21H,8-11H2,1-7H3/t15-,16-,17-,18-,19+,20-,21+,24+/m1/s1. The molecule has 0 aromatic heterocycles. The van der Waals surface area contributed by atoms with Crippen LogP contribution in [0.3, 0.4) is 0 Å². The lowest BCUT2D eigenvalue weighted by Gasteiger charge is -2.43. The summed E-state index contributed by atoms with van der Waals surface area (Å²) >= 11 is 0. The highest BCUT2D eigenvalue weighted by Gasteiger charge is 2.65. The molecule has 0 amide bonds. The molecule has 4 aliphatic heterocycles. The number of carbonyl (C=O) groups is 3. The normalized spacial score (nSPS) is 39.8. The van der Waals surface area contributed by atoms with Crippen molar-refractivity contribution in [1.82, 2.24) is 0 Å². The zero-order chi connectivity index (χ0) is 27.2. The molecule has 4 saturated heterocycles. The van der Waals surface area contributed by atoms with Crippen molar-refractivity contribution in [3.8, 4) is 0 Å². The quantitative estimate of drug-likeness (QED) is 0.339. The summed E-state index contributed by atoms with van der Waals surface area (Å²) < 4.78 is 58.5. The van der Waals surface area contributed by atoms with Gasteiger partial charge < -0.3 is 47.4 Å². The van der Waals surface area contributed by atoms with E-state index in [-0.39, 0.29) is 32.3 Å². The van der Waals surface area contributed by atoms with Crippen LogP contribution in [-0.4, -0.2) is 98.0 Å². The monoisotopic (exact) mass is 532 g/mol. The van der Waals surface area contributed by atoms with Crippen LogP contribution in [0, 0.1) is 0 Å². The Morgan fingerprint density at radius 1 is 0.892 bits per heavy atom. The third-order valence-corrected chi connectivity index (χ3v) is 6.30. The van der Waals surface area contributed by atoms with E-state index in [0.29, 0.717) is 0 Å². The summed E-state index contributed by atoms with van der Waals surface area (Å²) in [5.41, 5.74) is 0. The zero-order valence-corrected chi connectivity index (χ0v) is 22.2. The molecule has 13 heteroatoms. The molecule has 0 aliphatic carbocycles. The van der Waals surface area contributed by atoms with E-state index in [4.69, 9.17) is 47.4 Å². The van der Waals surface area contributed by atoms with Crippen molar-refractivity contribution < 1.29 is 61.8 Å². The van der Waals surface area contributed by atoms with Crippen LogP contribution in [0.5, 0.6) is 0 Å². The van der Waals surface area contributed by atoms with E-state index in [9.17, 15) is 14.4 Å². The minimum atomic E-state index is -1.33. The third-order valence-electron chi connectivity index (χ3n) is 6.30. The van der Waals surface area contributed by atoms with Crippen LogP contribution in [0.25, 0.3) is 0 Å². The van der Waals surface area contributed by atoms with Crippen LogP contribution in [0.2, 0.25) is 0 Å². The largest absolute Gasteiger partial charge is 0.463 e. The zero-order valence-electron chi connectivity index (χ0n) is 22.2. The van der Waals surface area contributed by atoms with Gasteiger partial charge >= 0.3 is 17.9 Å². The number of hydrogen-bond acceptors (Lipinski definition) is 13. The van der Waals surface area contributed by atoms with Gasteiger partial charge in [-0.05, 0) is 27.7 Å². The maximum absolute atomic E-state index is 11.8. The molecule has 4 aliphatic rings. The summed E-state index contributed by atoms with van der Waals surface area (Å²) in [7, 11) is 0. The summed E-state index contributed by atoms with van der Waals surface area (Å²) in [4.78, 5) is 35.0. The lowest BCUT2D eigenvalue weighted by molar-refractivity contribution is -0.329. The van der Waals surface area contributed by atoms with Crippen LogP contribution >= 0.6 is 0 Å². The van der Waals surface area contributed by atoms with Gasteiger partial charge in [-0.25, -0.2) is 0 Å². The average molecular weight is 533 g/mol. The molecular weight excluding hydrogens is 496 g/mol. The number of rotatable bonds is 7. The second-order valence-electron chi connectivity index (χ2n) is 10.5. The van der Waals surface area contributed by atoms with Gasteiger partial charge in [0.05, 0.1) is 6.61 Å². The Hall–Kier alpha value is -1.87.